The molecule has 0 N–H and O–H groups in total. The zero-order chi connectivity index (χ0) is 0. The fourth-order valence-electron chi connectivity index (χ4n) is 0. The molecule has 0 heterocycles. The Kier molecular flexibility index (Phi) is 134. The van der Waals surface area contributed by atoms with Crippen molar-refractivity contribution in [2.24, 2.45) is 0 Å². The maximum Gasteiger partial charge on any atom is 0 e. The van der Waals surface area contributed by atoms with Gasteiger partial charge in [-0.2, -0.15) is 13.5 Å². The van der Waals surface area contributed by atoms with Crippen LogP contribution in [0.5, 0.6) is 0 Å². The first-order valence-electron chi connectivity index (χ1n) is 0. The first kappa shape index (κ1) is 30.5. The van der Waals surface area contributed by atoms with Crippen LogP contribution in [-0.2, 0) is 68.5 Å². The number of rotatable bonds is 0. The van der Waals surface area contributed by atoms with Crippen LogP contribution in [0.15, 0.2) is 0 Å². The van der Waals surface area contributed by atoms with E-state index in [9.17, 15) is 0 Å². The summed E-state index contributed by atoms with van der Waals surface area (Å²) < 4.78 is 0. The van der Waals surface area contributed by atoms with E-state index in [0.29, 0.717) is 0 Å². The molecular weight excluding hydrogens is 258 g/mol. The second kappa shape index (κ2) is 17.5. The van der Waals surface area contributed by atoms with E-state index in [0.717, 1.165) is 0 Å². The summed E-state index contributed by atoms with van der Waals surface area (Å²) in [4.78, 5) is 0. The molecule has 0 fully saturated rings. The molecule has 0 rings (SSSR count). The van der Waals surface area contributed by atoms with E-state index >= 15 is 0 Å². The van der Waals surface area contributed by atoms with Crippen LogP contribution in [0.2, 0.25) is 0 Å². The van der Waals surface area contributed by atoms with Gasteiger partial charge < -0.3 is 0 Å². The molecule has 0 aromatic heterocycles. The Bertz CT molecular complexity index is 8.00. The Labute approximate surface area is 80.7 Å². The third-order valence-corrected chi connectivity index (χ3v) is 0. The molecule has 4 heteroatoms. The maximum atomic E-state index is 0. The SMILES string of the molecule is S.[Cd].[Ti].[Zn]. The van der Waals surface area contributed by atoms with Gasteiger partial charge in [-0.05, 0) is 0 Å². The molecular formula is H2CdSTiZn. The van der Waals surface area contributed by atoms with Crippen LogP contribution in [0, 0.1) is 0 Å². The minimum absolute atomic E-state index is 0. The molecule has 0 radical (unpaired) electrons. The van der Waals surface area contributed by atoms with Gasteiger partial charge in [0.2, 0.25) is 0 Å². The van der Waals surface area contributed by atoms with E-state index in [1.54, 1.807) is 0 Å². The molecule has 0 saturated heterocycles. The molecule has 0 amide bonds. The van der Waals surface area contributed by atoms with Crippen LogP contribution in [0.4, 0.5) is 0 Å². The van der Waals surface area contributed by atoms with Crippen molar-refractivity contribution in [3.05, 3.63) is 0 Å². The van der Waals surface area contributed by atoms with Crippen LogP contribution in [0.1, 0.15) is 0 Å². The summed E-state index contributed by atoms with van der Waals surface area (Å²) in [7, 11) is 0. The number of hydrogen-bond donors (Lipinski definition) is 0. The van der Waals surface area contributed by atoms with E-state index in [1.807, 2.05) is 0 Å². The Morgan fingerprint density at radius 2 is 1.00 bits per heavy atom. The quantitative estimate of drug-likeness (QED) is 0.542. The Morgan fingerprint density at radius 3 is 1.00 bits per heavy atom. The fourth-order valence-corrected chi connectivity index (χ4v) is 0. The average molecular weight is 260 g/mol. The summed E-state index contributed by atoms with van der Waals surface area (Å²) in [5.41, 5.74) is 0. The van der Waals surface area contributed by atoms with E-state index in [-0.39, 0.29) is 82.0 Å². The van der Waals surface area contributed by atoms with Crippen LogP contribution in [0.25, 0.3) is 0 Å². The average Bonchev–Trinajstić information content (AvgIpc) is 0. The van der Waals surface area contributed by atoms with Gasteiger partial charge in [0.15, 0.2) is 0 Å². The largest absolute Gasteiger partial charge is 0.197 e. The van der Waals surface area contributed by atoms with Gasteiger partial charge in [0.05, 0.1) is 0 Å². The van der Waals surface area contributed by atoms with Crippen molar-refractivity contribution >= 4 is 13.5 Å². The summed E-state index contributed by atoms with van der Waals surface area (Å²) in [6.45, 7) is 0. The van der Waals surface area contributed by atoms with Crippen molar-refractivity contribution in [1.82, 2.24) is 0 Å². The van der Waals surface area contributed by atoms with Crippen molar-refractivity contribution in [2.75, 3.05) is 0 Å². The Balaban J connectivity index is 0. The monoisotopic (exact) mass is 260 g/mol. The van der Waals surface area contributed by atoms with Gasteiger partial charge in [-0.1, -0.05) is 0 Å². The summed E-state index contributed by atoms with van der Waals surface area (Å²) in [6.07, 6.45) is 0. The normalized spacial score (nSPS) is 0. The third kappa shape index (κ3) is 8.82. The fraction of sp³-hybridized carbons (Fsp3) is 0. The first-order valence-corrected chi connectivity index (χ1v) is 0. The predicted octanol–water partition coefficient (Wildman–Crippen LogP) is 0.105. The standard InChI is InChI=1S/Cd.H2S.Ti.Zn/h;1H2;;. The second-order valence-electron chi connectivity index (χ2n) is 0. The zero-order valence-electron chi connectivity index (χ0n) is 2.41. The van der Waals surface area contributed by atoms with Gasteiger partial charge in [0.1, 0.15) is 0 Å². The molecule has 0 aliphatic rings. The molecule has 0 nitrogen and oxygen atoms in total. The topological polar surface area (TPSA) is 0 Å². The molecule has 0 aromatic rings. The summed E-state index contributed by atoms with van der Waals surface area (Å²) >= 11 is 0. The van der Waals surface area contributed by atoms with Gasteiger partial charge in [0.25, 0.3) is 0 Å². The first-order chi connectivity index (χ1) is 0. The van der Waals surface area contributed by atoms with E-state index in [4.69, 9.17) is 0 Å². The summed E-state index contributed by atoms with van der Waals surface area (Å²) in [5.74, 6) is 0. The minimum atomic E-state index is 0. The van der Waals surface area contributed by atoms with Crippen LogP contribution >= 0.6 is 13.5 Å². The summed E-state index contributed by atoms with van der Waals surface area (Å²) in [6, 6.07) is 0. The van der Waals surface area contributed by atoms with Crippen LogP contribution in [0.3, 0.4) is 0 Å². The van der Waals surface area contributed by atoms with Crippen molar-refractivity contribution in [2.45, 2.75) is 0 Å². The predicted molar refractivity (Wildman–Crippen MR) is 10.4 cm³/mol. The zero-order valence-corrected chi connectivity index (χ0v) is 12.0. The Morgan fingerprint density at radius 1 is 1.00 bits per heavy atom. The third-order valence-electron chi connectivity index (χ3n) is 0. The molecule has 4 heavy (non-hydrogen) atoms. The smallest absolute Gasteiger partial charge is 0 e. The van der Waals surface area contributed by atoms with E-state index in [2.05, 4.69) is 0 Å². The van der Waals surface area contributed by atoms with Crippen molar-refractivity contribution in [3.8, 4) is 0 Å². The molecule has 0 aliphatic heterocycles. The molecule has 0 spiro atoms. The molecule has 0 unspecified atom stereocenters. The van der Waals surface area contributed by atoms with Gasteiger partial charge in [0, 0.05) is 68.5 Å². The minimum Gasteiger partial charge on any atom is -0.197 e. The van der Waals surface area contributed by atoms with E-state index < -0.39 is 0 Å². The van der Waals surface area contributed by atoms with Gasteiger partial charge >= 0.3 is 0 Å². The van der Waals surface area contributed by atoms with Crippen molar-refractivity contribution < 1.29 is 68.5 Å². The molecule has 0 aromatic carbocycles. The molecule has 0 atom stereocenters. The van der Waals surface area contributed by atoms with Crippen LogP contribution < -0.4 is 0 Å². The Hall–Kier alpha value is 2.61. The molecule has 0 bridgehead atoms. The summed E-state index contributed by atoms with van der Waals surface area (Å²) in [5, 5.41) is 0. The molecule has 16 valence electrons. The molecule has 0 aliphatic carbocycles. The maximum absolute atomic E-state index is 0. The van der Waals surface area contributed by atoms with Gasteiger partial charge in [-0.3, -0.25) is 0 Å². The van der Waals surface area contributed by atoms with Gasteiger partial charge in [-0.25, -0.2) is 0 Å². The number of hydrogen-bond acceptors (Lipinski definition) is 0. The van der Waals surface area contributed by atoms with Crippen LogP contribution in [-0.4, -0.2) is 0 Å². The van der Waals surface area contributed by atoms with Crippen molar-refractivity contribution in [3.63, 3.8) is 0 Å². The van der Waals surface area contributed by atoms with E-state index in [1.165, 1.54) is 0 Å². The molecule has 0 saturated carbocycles. The van der Waals surface area contributed by atoms with Gasteiger partial charge in [-0.15, -0.1) is 0 Å². The second-order valence-corrected chi connectivity index (χ2v) is 0. The van der Waals surface area contributed by atoms with Crippen molar-refractivity contribution in [1.29, 1.82) is 0 Å².